The number of nitrogens with zero attached hydrogens (tertiary/aromatic N) is 1. The van der Waals surface area contributed by atoms with Crippen molar-refractivity contribution in [2.75, 3.05) is 18.8 Å². The molecule has 1 aliphatic heterocycles. The Hall–Kier alpha value is -1.51. The second kappa shape index (κ2) is 4.56. The summed E-state index contributed by atoms with van der Waals surface area (Å²) in [7, 11) is 0. The van der Waals surface area contributed by atoms with E-state index in [1.165, 1.54) is 6.42 Å². The molecular formula is C13H18N2O. The van der Waals surface area contributed by atoms with Crippen LogP contribution in [-0.4, -0.2) is 23.9 Å². The van der Waals surface area contributed by atoms with Gasteiger partial charge in [-0.05, 0) is 49.9 Å². The van der Waals surface area contributed by atoms with E-state index in [0.29, 0.717) is 0 Å². The number of amides is 1. The molecule has 3 nitrogen and oxygen atoms in total. The molecule has 1 saturated heterocycles. The van der Waals surface area contributed by atoms with Crippen LogP contribution in [0.25, 0.3) is 0 Å². The average molecular weight is 218 g/mol. The van der Waals surface area contributed by atoms with E-state index in [0.717, 1.165) is 42.7 Å². The van der Waals surface area contributed by atoms with Crippen molar-refractivity contribution in [1.29, 1.82) is 0 Å². The van der Waals surface area contributed by atoms with Crippen molar-refractivity contribution in [2.24, 2.45) is 0 Å². The maximum atomic E-state index is 12.1. The molecule has 0 spiro atoms. The number of anilines is 1. The molecule has 0 radical (unpaired) electrons. The fraction of sp³-hybridized carbons (Fsp3) is 0.462. The van der Waals surface area contributed by atoms with E-state index >= 15 is 0 Å². The van der Waals surface area contributed by atoms with Crippen LogP contribution in [0.4, 0.5) is 5.69 Å². The van der Waals surface area contributed by atoms with Gasteiger partial charge in [-0.1, -0.05) is 0 Å². The number of piperidine rings is 1. The fourth-order valence-electron chi connectivity index (χ4n) is 2.09. The van der Waals surface area contributed by atoms with Crippen LogP contribution in [0.3, 0.4) is 0 Å². The van der Waals surface area contributed by atoms with Crippen molar-refractivity contribution in [3.8, 4) is 0 Å². The number of hydrogen-bond acceptors (Lipinski definition) is 2. The van der Waals surface area contributed by atoms with Gasteiger partial charge in [-0.2, -0.15) is 0 Å². The first-order valence-electron chi connectivity index (χ1n) is 5.84. The van der Waals surface area contributed by atoms with E-state index in [2.05, 4.69) is 0 Å². The van der Waals surface area contributed by atoms with Gasteiger partial charge in [0.2, 0.25) is 0 Å². The quantitative estimate of drug-likeness (QED) is 0.734. The van der Waals surface area contributed by atoms with Gasteiger partial charge in [0.25, 0.3) is 5.91 Å². The second-order valence-corrected chi connectivity index (χ2v) is 4.42. The summed E-state index contributed by atoms with van der Waals surface area (Å²) in [5.74, 6) is 0.141. The third kappa shape index (κ3) is 2.18. The predicted octanol–water partition coefficient (Wildman–Crippen LogP) is 2.20. The molecule has 1 aliphatic rings. The van der Waals surface area contributed by atoms with Gasteiger partial charge in [-0.3, -0.25) is 4.79 Å². The smallest absolute Gasteiger partial charge is 0.253 e. The van der Waals surface area contributed by atoms with Crippen molar-refractivity contribution in [2.45, 2.75) is 26.2 Å². The molecule has 0 saturated carbocycles. The number of hydrogen-bond donors (Lipinski definition) is 1. The van der Waals surface area contributed by atoms with Crippen LogP contribution < -0.4 is 5.73 Å². The lowest BCUT2D eigenvalue weighted by molar-refractivity contribution is 0.0724. The highest BCUT2D eigenvalue weighted by Crippen LogP contribution is 2.17. The highest BCUT2D eigenvalue weighted by atomic mass is 16.2. The molecule has 0 aliphatic carbocycles. The molecule has 16 heavy (non-hydrogen) atoms. The van der Waals surface area contributed by atoms with Crippen molar-refractivity contribution >= 4 is 11.6 Å². The van der Waals surface area contributed by atoms with Crippen LogP contribution in [0.15, 0.2) is 18.2 Å². The molecule has 0 bridgehead atoms. The van der Waals surface area contributed by atoms with E-state index in [4.69, 9.17) is 5.73 Å². The fourth-order valence-corrected chi connectivity index (χ4v) is 2.09. The van der Waals surface area contributed by atoms with Crippen LogP contribution in [0.5, 0.6) is 0 Å². The summed E-state index contributed by atoms with van der Waals surface area (Å²) in [4.78, 5) is 14.1. The normalized spacial score (nSPS) is 16.2. The summed E-state index contributed by atoms with van der Waals surface area (Å²) < 4.78 is 0. The molecule has 0 atom stereocenters. The molecule has 1 heterocycles. The maximum absolute atomic E-state index is 12.1. The topological polar surface area (TPSA) is 46.3 Å². The zero-order valence-electron chi connectivity index (χ0n) is 9.70. The summed E-state index contributed by atoms with van der Waals surface area (Å²) >= 11 is 0. The Morgan fingerprint density at radius 1 is 1.25 bits per heavy atom. The minimum Gasteiger partial charge on any atom is -0.399 e. The zero-order chi connectivity index (χ0) is 11.5. The molecule has 1 fully saturated rings. The first kappa shape index (κ1) is 11.0. The molecule has 86 valence electrons. The average Bonchev–Trinajstić information content (AvgIpc) is 2.33. The number of rotatable bonds is 1. The van der Waals surface area contributed by atoms with Gasteiger partial charge >= 0.3 is 0 Å². The number of nitrogen functional groups attached to an aromatic ring is 1. The van der Waals surface area contributed by atoms with Crippen molar-refractivity contribution in [3.63, 3.8) is 0 Å². The van der Waals surface area contributed by atoms with Crippen molar-refractivity contribution in [1.82, 2.24) is 4.90 Å². The lowest BCUT2D eigenvalue weighted by Crippen LogP contribution is -2.35. The number of benzene rings is 1. The summed E-state index contributed by atoms with van der Waals surface area (Å²) in [5, 5.41) is 0. The van der Waals surface area contributed by atoms with E-state index in [-0.39, 0.29) is 5.91 Å². The van der Waals surface area contributed by atoms with Crippen LogP contribution in [0.2, 0.25) is 0 Å². The lowest BCUT2D eigenvalue weighted by atomic mass is 10.1. The van der Waals surface area contributed by atoms with Gasteiger partial charge in [0, 0.05) is 24.3 Å². The lowest BCUT2D eigenvalue weighted by Gasteiger charge is -2.26. The second-order valence-electron chi connectivity index (χ2n) is 4.42. The minimum absolute atomic E-state index is 0.141. The molecular weight excluding hydrogens is 200 g/mol. The molecule has 1 aromatic rings. The van der Waals surface area contributed by atoms with Crippen molar-refractivity contribution < 1.29 is 4.79 Å². The van der Waals surface area contributed by atoms with E-state index in [1.807, 2.05) is 30.0 Å². The van der Waals surface area contributed by atoms with Gasteiger partial charge in [0.05, 0.1) is 0 Å². The van der Waals surface area contributed by atoms with E-state index < -0.39 is 0 Å². The molecule has 1 amide bonds. The first-order valence-corrected chi connectivity index (χ1v) is 5.84. The van der Waals surface area contributed by atoms with Gasteiger partial charge in [-0.25, -0.2) is 0 Å². The maximum Gasteiger partial charge on any atom is 0.253 e. The molecule has 3 heteroatoms. The van der Waals surface area contributed by atoms with Gasteiger partial charge < -0.3 is 10.6 Å². The molecule has 1 aromatic carbocycles. The number of aryl methyl sites for hydroxylation is 1. The van der Waals surface area contributed by atoms with Gasteiger partial charge in [-0.15, -0.1) is 0 Å². The van der Waals surface area contributed by atoms with E-state index in [9.17, 15) is 4.79 Å². The summed E-state index contributed by atoms with van der Waals surface area (Å²) in [6, 6.07) is 5.51. The highest BCUT2D eigenvalue weighted by molar-refractivity contribution is 5.94. The summed E-state index contributed by atoms with van der Waals surface area (Å²) in [5.41, 5.74) is 8.22. The summed E-state index contributed by atoms with van der Waals surface area (Å²) in [6.45, 7) is 3.72. The summed E-state index contributed by atoms with van der Waals surface area (Å²) in [6.07, 6.45) is 3.49. The molecule has 2 rings (SSSR count). The SMILES string of the molecule is Cc1cc(C(=O)N2CCCCC2)ccc1N. The van der Waals surface area contributed by atoms with Crippen LogP contribution >= 0.6 is 0 Å². The Labute approximate surface area is 96.2 Å². The monoisotopic (exact) mass is 218 g/mol. The van der Waals surface area contributed by atoms with Crippen molar-refractivity contribution in [3.05, 3.63) is 29.3 Å². The number of nitrogens with two attached hydrogens (primary N) is 1. The Morgan fingerprint density at radius 3 is 2.56 bits per heavy atom. The molecule has 0 aromatic heterocycles. The number of carbonyl (C=O) groups excluding carboxylic acids is 1. The predicted molar refractivity (Wildman–Crippen MR) is 65.3 cm³/mol. The van der Waals surface area contributed by atoms with Crippen LogP contribution in [-0.2, 0) is 0 Å². The molecule has 0 unspecified atom stereocenters. The molecule has 2 N–H and O–H groups in total. The van der Waals surface area contributed by atoms with Gasteiger partial charge in [0.1, 0.15) is 0 Å². The largest absolute Gasteiger partial charge is 0.399 e. The minimum atomic E-state index is 0.141. The van der Waals surface area contributed by atoms with Crippen LogP contribution in [0, 0.1) is 6.92 Å². The Balaban J connectivity index is 2.16. The number of carbonyl (C=O) groups is 1. The highest BCUT2D eigenvalue weighted by Gasteiger charge is 2.18. The van der Waals surface area contributed by atoms with Crippen LogP contribution in [0.1, 0.15) is 35.2 Å². The Kier molecular flexibility index (Phi) is 3.13. The third-order valence-corrected chi connectivity index (χ3v) is 3.16. The Bertz CT molecular complexity index is 395. The number of likely N-dealkylation sites (tertiary alicyclic amines) is 1. The zero-order valence-corrected chi connectivity index (χ0v) is 9.70. The first-order chi connectivity index (χ1) is 7.68. The van der Waals surface area contributed by atoms with E-state index in [1.54, 1.807) is 0 Å². The Morgan fingerprint density at radius 2 is 1.94 bits per heavy atom. The standard InChI is InChI=1S/C13H18N2O/c1-10-9-11(5-6-12(10)14)13(16)15-7-3-2-4-8-15/h5-6,9H,2-4,7-8,14H2,1H3. The van der Waals surface area contributed by atoms with Gasteiger partial charge in [0.15, 0.2) is 0 Å². The third-order valence-electron chi connectivity index (χ3n) is 3.16.